The van der Waals surface area contributed by atoms with Crippen LogP contribution < -0.4 is 5.32 Å². The normalized spacial score (nSPS) is 10.5. The number of aryl methyl sites for hydroxylation is 1. The summed E-state index contributed by atoms with van der Waals surface area (Å²) in [6.45, 7) is 0. The number of anilines is 2. The Morgan fingerprint density at radius 1 is 1.10 bits per heavy atom. The summed E-state index contributed by atoms with van der Waals surface area (Å²) < 4.78 is 14.8. The van der Waals surface area contributed by atoms with E-state index in [-0.39, 0.29) is 0 Å². The molecule has 0 spiro atoms. The van der Waals surface area contributed by atoms with Gasteiger partial charge in [-0.25, -0.2) is 15.0 Å². The van der Waals surface area contributed by atoms with E-state index in [1.807, 2.05) is 13.1 Å². The average molecular weight is 270 g/mol. The molecule has 0 saturated carbocycles. The van der Waals surface area contributed by atoms with E-state index in [1.54, 1.807) is 29.2 Å². The molecular weight excluding hydrogens is 259 g/mol. The van der Waals surface area contributed by atoms with Crippen molar-refractivity contribution in [2.45, 2.75) is 0 Å². The van der Waals surface area contributed by atoms with Gasteiger partial charge in [-0.2, -0.15) is 9.49 Å². The van der Waals surface area contributed by atoms with Crippen LogP contribution >= 0.6 is 0 Å². The molecule has 0 amide bonds. The lowest BCUT2D eigenvalue weighted by Gasteiger charge is -2.06. The first-order valence-corrected chi connectivity index (χ1v) is 5.92. The fraction of sp³-hybridized carbons (Fsp3) is 0.0769. The Labute approximate surface area is 114 Å². The summed E-state index contributed by atoms with van der Waals surface area (Å²) in [4.78, 5) is 12.0. The van der Waals surface area contributed by atoms with Gasteiger partial charge in [-0.15, -0.1) is 0 Å². The Hall–Kier alpha value is -2.83. The van der Waals surface area contributed by atoms with Gasteiger partial charge in [0, 0.05) is 37.1 Å². The van der Waals surface area contributed by atoms with Crippen molar-refractivity contribution >= 4 is 11.8 Å². The first kappa shape index (κ1) is 12.2. The highest BCUT2D eigenvalue weighted by Gasteiger charge is 2.05. The SMILES string of the molecule is Cn1nccc1Nc1nccc(-c2ccnc(F)c2)n1. The van der Waals surface area contributed by atoms with E-state index in [4.69, 9.17) is 0 Å². The van der Waals surface area contributed by atoms with Gasteiger partial charge >= 0.3 is 0 Å². The highest BCUT2D eigenvalue weighted by Crippen LogP contribution is 2.19. The van der Waals surface area contributed by atoms with Crippen molar-refractivity contribution in [2.24, 2.45) is 7.05 Å². The largest absolute Gasteiger partial charge is 0.309 e. The fourth-order valence-corrected chi connectivity index (χ4v) is 1.75. The van der Waals surface area contributed by atoms with Crippen molar-refractivity contribution in [3.63, 3.8) is 0 Å². The quantitative estimate of drug-likeness (QED) is 0.738. The summed E-state index contributed by atoms with van der Waals surface area (Å²) >= 11 is 0. The lowest BCUT2D eigenvalue weighted by molar-refractivity contribution is 0.584. The Morgan fingerprint density at radius 3 is 2.70 bits per heavy atom. The summed E-state index contributed by atoms with van der Waals surface area (Å²) in [7, 11) is 1.81. The summed E-state index contributed by atoms with van der Waals surface area (Å²) in [5.41, 5.74) is 1.26. The summed E-state index contributed by atoms with van der Waals surface area (Å²) in [5, 5.41) is 7.09. The van der Waals surface area contributed by atoms with Gasteiger partial charge in [0.2, 0.25) is 11.9 Å². The predicted molar refractivity (Wildman–Crippen MR) is 71.7 cm³/mol. The van der Waals surface area contributed by atoms with E-state index in [9.17, 15) is 4.39 Å². The Kier molecular flexibility index (Phi) is 3.08. The van der Waals surface area contributed by atoms with Crippen molar-refractivity contribution in [1.29, 1.82) is 0 Å². The maximum absolute atomic E-state index is 13.1. The van der Waals surface area contributed by atoms with Crippen LogP contribution in [0.15, 0.2) is 42.9 Å². The van der Waals surface area contributed by atoms with Gasteiger partial charge in [0.1, 0.15) is 5.82 Å². The van der Waals surface area contributed by atoms with Crippen molar-refractivity contribution in [2.75, 3.05) is 5.32 Å². The highest BCUT2D eigenvalue weighted by molar-refractivity contribution is 5.60. The topological polar surface area (TPSA) is 68.5 Å². The van der Waals surface area contributed by atoms with Gasteiger partial charge in [0.15, 0.2) is 0 Å². The van der Waals surface area contributed by atoms with Crippen LogP contribution in [0.5, 0.6) is 0 Å². The van der Waals surface area contributed by atoms with Crippen LogP contribution in [-0.4, -0.2) is 24.7 Å². The molecule has 0 atom stereocenters. The van der Waals surface area contributed by atoms with Crippen LogP contribution in [0, 0.1) is 5.95 Å². The zero-order chi connectivity index (χ0) is 13.9. The van der Waals surface area contributed by atoms with Gasteiger partial charge < -0.3 is 5.32 Å². The molecule has 0 saturated heterocycles. The van der Waals surface area contributed by atoms with Crippen molar-refractivity contribution in [1.82, 2.24) is 24.7 Å². The van der Waals surface area contributed by atoms with Crippen molar-refractivity contribution in [3.8, 4) is 11.3 Å². The van der Waals surface area contributed by atoms with Crippen molar-refractivity contribution in [3.05, 3.63) is 48.8 Å². The minimum Gasteiger partial charge on any atom is -0.309 e. The van der Waals surface area contributed by atoms with E-state index < -0.39 is 5.95 Å². The molecule has 6 nitrogen and oxygen atoms in total. The van der Waals surface area contributed by atoms with Crippen molar-refractivity contribution < 1.29 is 4.39 Å². The molecule has 0 aliphatic rings. The number of hydrogen-bond acceptors (Lipinski definition) is 5. The molecule has 0 aromatic carbocycles. The first-order chi connectivity index (χ1) is 9.72. The highest BCUT2D eigenvalue weighted by atomic mass is 19.1. The maximum Gasteiger partial charge on any atom is 0.228 e. The molecule has 7 heteroatoms. The molecule has 100 valence electrons. The molecule has 0 aliphatic carbocycles. The molecule has 3 aromatic rings. The number of aromatic nitrogens is 5. The third-order valence-electron chi connectivity index (χ3n) is 2.74. The van der Waals surface area contributed by atoms with E-state index in [0.717, 1.165) is 5.82 Å². The number of rotatable bonds is 3. The van der Waals surface area contributed by atoms with Gasteiger partial charge in [-0.05, 0) is 12.1 Å². The monoisotopic (exact) mass is 270 g/mol. The van der Waals surface area contributed by atoms with Crippen LogP contribution in [0.3, 0.4) is 0 Å². The zero-order valence-electron chi connectivity index (χ0n) is 10.7. The molecule has 0 unspecified atom stereocenters. The molecule has 0 aliphatic heterocycles. The van der Waals surface area contributed by atoms with Crippen LogP contribution in [0.1, 0.15) is 0 Å². The minimum absolute atomic E-state index is 0.420. The second-order valence-corrected chi connectivity index (χ2v) is 4.10. The average Bonchev–Trinajstić information content (AvgIpc) is 2.85. The van der Waals surface area contributed by atoms with Gasteiger partial charge in [-0.1, -0.05) is 0 Å². The molecule has 3 aromatic heterocycles. The minimum atomic E-state index is -0.540. The number of nitrogens with zero attached hydrogens (tertiary/aromatic N) is 5. The smallest absolute Gasteiger partial charge is 0.228 e. The molecular formula is C13H11FN6. The van der Waals surface area contributed by atoms with Crippen LogP contribution in [0.2, 0.25) is 0 Å². The summed E-state index contributed by atoms with van der Waals surface area (Å²) in [6, 6.07) is 6.54. The third kappa shape index (κ3) is 2.46. The molecule has 3 rings (SSSR count). The second-order valence-electron chi connectivity index (χ2n) is 4.10. The molecule has 0 fully saturated rings. The third-order valence-corrected chi connectivity index (χ3v) is 2.74. The Balaban J connectivity index is 1.92. The number of hydrogen-bond donors (Lipinski definition) is 1. The molecule has 0 bridgehead atoms. The van der Waals surface area contributed by atoms with E-state index in [2.05, 4.69) is 25.4 Å². The molecule has 20 heavy (non-hydrogen) atoms. The lowest BCUT2D eigenvalue weighted by Crippen LogP contribution is -2.02. The second kappa shape index (κ2) is 5.04. The Bertz CT molecular complexity index is 739. The van der Waals surface area contributed by atoms with Crippen LogP contribution in [0.25, 0.3) is 11.3 Å². The van der Waals surface area contributed by atoms with Crippen LogP contribution in [0.4, 0.5) is 16.2 Å². The Morgan fingerprint density at radius 2 is 1.95 bits per heavy atom. The molecule has 0 radical (unpaired) electrons. The molecule has 1 N–H and O–H groups in total. The predicted octanol–water partition coefficient (Wildman–Crippen LogP) is 2.15. The van der Waals surface area contributed by atoms with E-state index in [1.165, 1.54) is 12.3 Å². The number of pyridine rings is 1. The zero-order valence-corrected chi connectivity index (χ0v) is 10.7. The molecule has 3 heterocycles. The van der Waals surface area contributed by atoms with Gasteiger partial charge in [-0.3, -0.25) is 4.68 Å². The van der Waals surface area contributed by atoms with E-state index in [0.29, 0.717) is 17.2 Å². The summed E-state index contributed by atoms with van der Waals surface area (Å²) in [6.07, 6.45) is 4.69. The number of halogens is 1. The van der Waals surface area contributed by atoms with Gasteiger partial charge in [0.25, 0.3) is 0 Å². The maximum atomic E-state index is 13.1. The number of nitrogens with one attached hydrogen (secondary N) is 1. The van der Waals surface area contributed by atoms with Gasteiger partial charge in [0.05, 0.1) is 11.9 Å². The van der Waals surface area contributed by atoms with E-state index >= 15 is 0 Å². The van der Waals surface area contributed by atoms with Crippen LogP contribution in [-0.2, 0) is 7.05 Å². The fourth-order valence-electron chi connectivity index (χ4n) is 1.75. The first-order valence-electron chi connectivity index (χ1n) is 5.92. The summed E-state index contributed by atoms with van der Waals surface area (Å²) in [5.74, 6) is 0.647. The lowest BCUT2D eigenvalue weighted by atomic mass is 10.2. The standard InChI is InChI=1S/C13H11FN6/c1-20-12(4-7-17-20)19-13-16-6-3-10(18-13)9-2-5-15-11(14)8-9/h2-8H,1H3,(H,16,18,19).